The lowest BCUT2D eigenvalue weighted by atomic mass is 10.2. The number of rotatable bonds is 5. The summed E-state index contributed by atoms with van der Waals surface area (Å²) in [6.07, 6.45) is 2.77. The number of aryl methyl sites for hydroxylation is 1. The van der Waals surface area contributed by atoms with Crippen LogP contribution in [0.1, 0.15) is 12.0 Å². The lowest BCUT2D eigenvalue weighted by Crippen LogP contribution is -2.37. The molecule has 1 heterocycles. The van der Waals surface area contributed by atoms with Gasteiger partial charge in [-0.15, -0.1) is 0 Å². The average molecular weight is 260 g/mol. The van der Waals surface area contributed by atoms with Gasteiger partial charge in [-0.05, 0) is 13.3 Å². The number of carbonyl (C=O) groups excluding carboxylic acids is 1. The van der Waals surface area contributed by atoms with Crippen molar-refractivity contribution >= 4 is 21.6 Å². The molecule has 1 aromatic rings. The number of carbonyl (C=O) groups is 1. The van der Waals surface area contributed by atoms with Gasteiger partial charge in [0, 0.05) is 11.8 Å². The highest BCUT2D eigenvalue weighted by atomic mass is 32.2. The lowest BCUT2D eigenvalue weighted by molar-refractivity contribution is -0.117. The van der Waals surface area contributed by atoms with Crippen LogP contribution in [0.25, 0.3) is 0 Å². The summed E-state index contributed by atoms with van der Waals surface area (Å²) in [6.45, 7) is 1.78. The average Bonchev–Trinajstić information content (AvgIpc) is 2.59. The molecular weight excluding hydrogens is 244 g/mol. The Kier molecular flexibility index (Phi) is 4.24. The fourth-order valence-corrected chi connectivity index (χ4v) is 1.84. The van der Waals surface area contributed by atoms with Crippen LogP contribution < -0.4 is 11.1 Å². The van der Waals surface area contributed by atoms with Gasteiger partial charge in [0.2, 0.25) is 5.91 Å². The first kappa shape index (κ1) is 13.7. The Morgan fingerprint density at radius 1 is 1.65 bits per heavy atom. The number of anilines is 1. The molecule has 0 aliphatic heterocycles. The van der Waals surface area contributed by atoms with Crippen LogP contribution in [-0.4, -0.2) is 42.6 Å². The van der Waals surface area contributed by atoms with Crippen molar-refractivity contribution in [3.63, 3.8) is 0 Å². The maximum Gasteiger partial charge on any atom is 0.242 e. The first-order chi connectivity index (χ1) is 7.79. The van der Waals surface area contributed by atoms with Gasteiger partial charge in [0.05, 0.1) is 18.0 Å². The molecule has 1 rings (SSSR count). The quantitative estimate of drug-likeness (QED) is 0.654. The monoisotopic (exact) mass is 260 g/mol. The Morgan fingerprint density at radius 2 is 2.29 bits per heavy atom. The largest absolute Gasteiger partial charge is 0.320 e. The molecule has 0 spiro atoms. The molecule has 0 aliphatic carbocycles. The van der Waals surface area contributed by atoms with Crippen molar-refractivity contribution in [2.45, 2.75) is 19.4 Å². The predicted octanol–water partition coefficient (Wildman–Crippen LogP) is -0.581. The molecule has 1 unspecified atom stereocenters. The second kappa shape index (κ2) is 5.28. The molecular formula is C9H16N4O3S. The molecule has 8 heteroatoms. The van der Waals surface area contributed by atoms with Gasteiger partial charge in [-0.2, -0.15) is 5.10 Å². The number of H-pyrrole nitrogens is 1. The molecule has 0 bridgehead atoms. The summed E-state index contributed by atoms with van der Waals surface area (Å²) < 4.78 is 21.9. The zero-order chi connectivity index (χ0) is 13.1. The van der Waals surface area contributed by atoms with Crippen LogP contribution >= 0.6 is 0 Å². The molecule has 0 aliphatic rings. The van der Waals surface area contributed by atoms with Crippen LogP contribution in [-0.2, 0) is 14.6 Å². The number of nitrogens with two attached hydrogens (primary N) is 1. The maximum atomic E-state index is 11.6. The van der Waals surface area contributed by atoms with Gasteiger partial charge < -0.3 is 11.1 Å². The van der Waals surface area contributed by atoms with Gasteiger partial charge in [0.15, 0.2) is 0 Å². The van der Waals surface area contributed by atoms with E-state index in [1.807, 2.05) is 0 Å². The van der Waals surface area contributed by atoms with Gasteiger partial charge >= 0.3 is 0 Å². The van der Waals surface area contributed by atoms with Gasteiger partial charge in [-0.25, -0.2) is 8.42 Å². The summed E-state index contributed by atoms with van der Waals surface area (Å²) in [4.78, 5) is 11.6. The predicted molar refractivity (Wildman–Crippen MR) is 64.3 cm³/mol. The molecule has 0 saturated heterocycles. The van der Waals surface area contributed by atoms with Crippen molar-refractivity contribution in [2.75, 3.05) is 17.3 Å². The van der Waals surface area contributed by atoms with Crippen molar-refractivity contribution in [1.82, 2.24) is 10.2 Å². The lowest BCUT2D eigenvalue weighted by Gasteiger charge is -2.10. The fourth-order valence-electron chi connectivity index (χ4n) is 1.16. The van der Waals surface area contributed by atoms with E-state index >= 15 is 0 Å². The number of aromatic amines is 1. The normalized spacial score (nSPS) is 13.4. The van der Waals surface area contributed by atoms with Crippen LogP contribution in [0, 0.1) is 6.92 Å². The Balaban J connectivity index is 2.51. The molecule has 0 aromatic carbocycles. The number of hydrogen-bond acceptors (Lipinski definition) is 5. The van der Waals surface area contributed by atoms with E-state index in [0.29, 0.717) is 5.82 Å². The summed E-state index contributed by atoms with van der Waals surface area (Å²) >= 11 is 0. The van der Waals surface area contributed by atoms with E-state index in [4.69, 9.17) is 5.73 Å². The fraction of sp³-hybridized carbons (Fsp3) is 0.556. The minimum absolute atomic E-state index is 0.0951. The van der Waals surface area contributed by atoms with Crippen LogP contribution in [0.5, 0.6) is 0 Å². The van der Waals surface area contributed by atoms with Crippen molar-refractivity contribution in [3.05, 3.63) is 11.8 Å². The highest BCUT2D eigenvalue weighted by molar-refractivity contribution is 7.90. The summed E-state index contributed by atoms with van der Waals surface area (Å²) in [7, 11) is -3.10. The Bertz CT molecular complexity index is 494. The Morgan fingerprint density at radius 3 is 2.76 bits per heavy atom. The van der Waals surface area contributed by atoms with Crippen LogP contribution in [0.15, 0.2) is 6.20 Å². The van der Waals surface area contributed by atoms with Gasteiger partial charge in [0.1, 0.15) is 15.7 Å². The molecule has 1 atom stereocenters. The highest BCUT2D eigenvalue weighted by Crippen LogP contribution is 2.08. The minimum atomic E-state index is -3.10. The van der Waals surface area contributed by atoms with Crippen molar-refractivity contribution in [2.24, 2.45) is 5.73 Å². The zero-order valence-electron chi connectivity index (χ0n) is 9.73. The minimum Gasteiger partial charge on any atom is -0.320 e. The van der Waals surface area contributed by atoms with Crippen LogP contribution in [0.2, 0.25) is 0 Å². The Hall–Kier alpha value is -1.41. The smallest absolute Gasteiger partial charge is 0.242 e. The van der Waals surface area contributed by atoms with Crippen LogP contribution in [0.3, 0.4) is 0 Å². The highest BCUT2D eigenvalue weighted by Gasteiger charge is 2.17. The molecule has 1 amide bonds. The third-order valence-electron chi connectivity index (χ3n) is 2.21. The van der Waals surface area contributed by atoms with Gasteiger partial charge in [0.25, 0.3) is 0 Å². The number of nitrogens with one attached hydrogen (secondary N) is 2. The molecule has 7 nitrogen and oxygen atoms in total. The van der Waals surface area contributed by atoms with E-state index < -0.39 is 21.8 Å². The molecule has 17 heavy (non-hydrogen) atoms. The second-order valence-corrected chi connectivity index (χ2v) is 6.20. The summed E-state index contributed by atoms with van der Waals surface area (Å²) in [5.41, 5.74) is 6.37. The van der Waals surface area contributed by atoms with Crippen molar-refractivity contribution in [3.8, 4) is 0 Å². The standard InChI is InChI=1S/C9H16N4O3S/c1-6-5-11-13-8(6)12-9(14)7(10)3-4-17(2,15)16/h5,7H,3-4,10H2,1-2H3,(H2,11,12,13,14). The molecule has 0 radical (unpaired) electrons. The van der Waals surface area contributed by atoms with Crippen molar-refractivity contribution < 1.29 is 13.2 Å². The van der Waals surface area contributed by atoms with Gasteiger partial charge in [-0.3, -0.25) is 9.89 Å². The van der Waals surface area contributed by atoms with Crippen LogP contribution in [0.4, 0.5) is 5.82 Å². The Labute approximate surface area is 99.7 Å². The third-order valence-corrected chi connectivity index (χ3v) is 3.19. The summed E-state index contributed by atoms with van der Waals surface area (Å²) in [5, 5.41) is 8.90. The molecule has 96 valence electrons. The molecule has 4 N–H and O–H groups in total. The van der Waals surface area contributed by atoms with E-state index in [2.05, 4.69) is 15.5 Å². The van der Waals surface area contributed by atoms with Crippen molar-refractivity contribution in [1.29, 1.82) is 0 Å². The summed E-state index contributed by atoms with van der Waals surface area (Å²) in [6, 6.07) is -0.854. The van der Waals surface area contributed by atoms with E-state index in [1.165, 1.54) is 0 Å². The van der Waals surface area contributed by atoms with E-state index in [9.17, 15) is 13.2 Å². The zero-order valence-corrected chi connectivity index (χ0v) is 10.5. The number of sulfone groups is 1. The SMILES string of the molecule is Cc1cn[nH]c1NC(=O)C(N)CCS(C)(=O)=O. The molecule has 0 saturated carbocycles. The molecule has 1 aromatic heterocycles. The number of aromatic nitrogens is 2. The molecule has 0 fully saturated rings. The first-order valence-electron chi connectivity index (χ1n) is 5.04. The maximum absolute atomic E-state index is 11.6. The van der Waals surface area contributed by atoms with E-state index in [0.717, 1.165) is 11.8 Å². The topological polar surface area (TPSA) is 118 Å². The number of amides is 1. The summed E-state index contributed by atoms with van der Waals surface area (Å²) in [5.74, 6) is -0.0606. The van der Waals surface area contributed by atoms with E-state index in [-0.39, 0.29) is 12.2 Å². The van der Waals surface area contributed by atoms with Gasteiger partial charge in [-0.1, -0.05) is 0 Å². The second-order valence-electron chi connectivity index (χ2n) is 3.94. The third kappa shape index (κ3) is 4.53. The first-order valence-corrected chi connectivity index (χ1v) is 7.10. The van der Waals surface area contributed by atoms with E-state index in [1.54, 1.807) is 13.1 Å². The number of hydrogen-bond donors (Lipinski definition) is 3. The number of nitrogens with zero attached hydrogens (tertiary/aromatic N) is 1.